The molecule has 0 radical (unpaired) electrons. The van der Waals surface area contributed by atoms with Gasteiger partial charge in [0.1, 0.15) is 19.2 Å². The summed E-state index contributed by atoms with van der Waals surface area (Å²) in [5, 5.41) is 25.1. The Morgan fingerprint density at radius 3 is 2.36 bits per heavy atom. The number of carbonyl (C=O) groups excluding carboxylic acids is 2. The van der Waals surface area contributed by atoms with Crippen LogP contribution in [-0.2, 0) is 4.84 Å². The molecule has 0 spiro atoms. The minimum Gasteiger partial charge on any atom is -0.569 e. The Balaban J connectivity index is 1.69. The van der Waals surface area contributed by atoms with Gasteiger partial charge >= 0.3 is 0 Å². The topological polar surface area (TPSA) is 109 Å². The molecule has 1 N–H and O–H groups in total. The van der Waals surface area contributed by atoms with Crippen LogP contribution in [-0.4, -0.2) is 57.2 Å². The Bertz CT molecular complexity index is 621. The van der Waals surface area contributed by atoms with Crippen LogP contribution in [0.4, 0.5) is 0 Å². The first-order valence-electron chi connectivity index (χ1n) is 6.73. The van der Waals surface area contributed by atoms with E-state index in [1.165, 1.54) is 11.9 Å². The Morgan fingerprint density at radius 2 is 1.86 bits per heavy atom. The van der Waals surface area contributed by atoms with E-state index in [1.807, 2.05) is 0 Å². The van der Waals surface area contributed by atoms with Gasteiger partial charge in [-0.3, -0.25) is 9.59 Å². The number of aliphatic hydroxyl groups is 1. The van der Waals surface area contributed by atoms with Crippen molar-refractivity contribution in [3.05, 3.63) is 40.6 Å². The fourth-order valence-corrected chi connectivity index (χ4v) is 2.32. The van der Waals surface area contributed by atoms with Gasteiger partial charge < -0.3 is 15.2 Å². The van der Waals surface area contributed by atoms with Gasteiger partial charge in [0.15, 0.2) is 0 Å². The van der Waals surface area contributed by atoms with Gasteiger partial charge in [-0.05, 0) is 19.1 Å². The largest absolute Gasteiger partial charge is 0.569 e. The third-order valence-corrected chi connectivity index (χ3v) is 3.54. The van der Waals surface area contributed by atoms with E-state index < -0.39 is 24.1 Å². The molecule has 2 aliphatic rings. The molecule has 9 nitrogen and oxygen atoms in total. The molecule has 2 amide bonds. The van der Waals surface area contributed by atoms with E-state index >= 15 is 0 Å². The quantitative estimate of drug-likeness (QED) is 0.366. The first-order chi connectivity index (χ1) is 10.5. The van der Waals surface area contributed by atoms with Gasteiger partial charge in [-0.25, -0.2) is 4.90 Å². The van der Waals surface area contributed by atoms with E-state index in [9.17, 15) is 14.8 Å². The second-order valence-corrected chi connectivity index (χ2v) is 5.09. The zero-order valence-electron chi connectivity index (χ0n) is 11.7. The maximum absolute atomic E-state index is 12.2. The molecule has 0 saturated carbocycles. The average molecular weight is 306 g/mol. The highest BCUT2D eigenvalue weighted by atomic mass is 16.7. The monoisotopic (exact) mass is 306 g/mol. The summed E-state index contributed by atoms with van der Waals surface area (Å²) in [4.78, 5) is 30.4. The lowest BCUT2D eigenvalue weighted by Gasteiger charge is -2.30. The molecule has 0 bridgehead atoms. The van der Waals surface area contributed by atoms with Gasteiger partial charge in [0.05, 0.1) is 16.1 Å². The third-order valence-electron chi connectivity index (χ3n) is 3.54. The van der Waals surface area contributed by atoms with Crippen molar-refractivity contribution >= 4 is 11.8 Å². The molecule has 9 heteroatoms. The van der Waals surface area contributed by atoms with Crippen molar-refractivity contribution in [3.8, 4) is 0 Å². The normalized spacial score (nSPS) is 20.0. The molecule has 2 aliphatic heterocycles. The molecule has 0 aliphatic carbocycles. The molecular weight excluding hydrogens is 292 g/mol. The van der Waals surface area contributed by atoms with Crippen LogP contribution in [0.2, 0.25) is 0 Å². The van der Waals surface area contributed by atoms with E-state index in [4.69, 9.17) is 9.94 Å². The van der Waals surface area contributed by atoms with E-state index in [2.05, 4.69) is 5.28 Å². The Labute approximate surface area is 125 Å². The molecule has 0 aromatic heterocycles. The lowest BCUT2D eigenvalue weighted by atomic mass is 10.1. The molecule has 1 atom stereocenters. The molecule has 1 saturated heterocycles. The first-order valence-corrected chi connectivity index (χ1v) is 6.73. The van der Waals surface area contributed by atoms with Crippen LogP contribution in [0.5, 0.6) is 0 Å². The predicted molar refractivity (Wildman–Crippen MR) is 71.1 cm³/mol. The maximum Gasteiger partial charge on any atom is 0.264 e. The Kier molecular flexibility index (Phi) is 3.41. The number of hydrogen-bond donors (Lipinski definition) is 1. The van der Waals surface area contributed by atoms with Crippen LogP contribution in [0.25, 0.3) is 0 Å². The lowest BCUT2D eigenvalue weighted by Crippen LogP contribution is -2.53. The zero-order valence-corrected chi connectivity index (χ0v) is 11.7. The number of imide groups is 1. The van der Waals surface area contributed by atoms with E-state index in [1.54, 1.807) is 24.3 Å². The van der Waals surface area contributed by atoms with Gasteiger partial charge in [0, 0.05) is 0 Å². The zero-order chi connectivity index (χ0) is 15.9. The molecule has 116 valence electrons. The van der Waals surface area contributed by atoms with Crippen LogP contribution < -0.4 is 0 Å². The molecule has 1 unspecified atom stereocenters. The average Bonchev–Trinajstić information content (AvgIpc) is 2.73. The summed E-state index contributed by atoms with van der Waals surface area (Å²) < 4.78 is 0. The van der Waals surface area contributed by atoms with Crippen molar-refractivity contribution < 1.29 is 24.5 Å². The minimum atomic E-state index is -1.02. The smallest absolute Gasteiger partial charge is 0.264 e. The van der Waals surface area contributed by atoms with Crippen LogP contribution >= 0.6 is 0 Å². The summed E-state index contributed by atoms with van der Waals surface area (Å²) in [7, 11) is 0. The van der Waals surface area contributed by atoms with Gasteiger partial charge in [0.2, 0.25) is 11.5 Å². The molecule has 22 heavy (non-hydrogen) atoms. The number of carbonyl (C=O) groups is 2. The van der Waals surface area contributed by atoms with Gasteiger partial charge in [-0.1, -0.05) is 12.1 Å². The minimum absolute atomic E-state index is 0.164. The number of amides is 2. The highest BCUT2D eigenvalue weighted by molar-refractivity contribution is 6.21. The van der Waals surface area contributed by atoms with Crippen molar-refractivity contribution in [1.82, 2.24) is 9.91 Å². The van der Waals surface area contributed by atoms with E-state index in [0.717, 1.165) is 4.90 Å². The van der Waals surface area contributed by atoms with Gasteiger partial charge in [0.25, 0.3) is 11.8 Å². The maximum atomic E-state index is 12.2. The molecule has 1 aromatic rings. The number of aliphatic hydroxyl groups excluding tert-OH is 1. The summed E-state index contributed by atoms with van der Waals surface area (Å²) in [6.07, 6.45) is -1.57. The summed E-state index contributed by atoms with van der Waals surface area (Å²) in [5.74, 6) is -0.972. The number of benzene rings is 1. The summed E-state index contributed by atoms with van der Waals surface area (Å²) in [6, 6.07) is 6.44. The van der Waals surface area contributed by atoms with E-state index in [-0.39, 0.29) is 18.1 Å². The lowest BCUT2D eigenvalue weighted by molar-refractivity contribution is -0.728. The van der Waals surface area contributed by atoms with Crippen molar-refractivity contribution in [1.29, 1.82) is 0 Å². The molecule has 1 aromatic carbocycles. The van der Waals surface area contributed by atoms with Crippen molar-refractivity contribution in [2.24, 2.45) is 5.28 Å². The number of β-amino-alcohol motifs (C(OH)–C–C–N with tert-alkyl or cyclic N) is 1. The van der Waals surface area contributed by atoms with Crippen LogP contribution in [0, 0.1) is 5.21 Å². The Hall–Kier alpha value is -2.68. The van der Waals surface area contributed by atoms with E-state index in [0.29, 0.717) is 11.1 Å². The van der Waals surface area contributed by atoms with Crippen molar-refractivity contribution in [2.45, 2.75) is 19.3 Å². The fraction of sp³-hybridized carbons (Fsp3) is 0.385. The molecule has 3 rings (SSSR count). The van der Waals surface area contributed by atoms with Crippen molar-refractivity contribution in [3.63, 3.8) is 0 Å². The number of nitrogens with zero attached hydrogens (tertiary/aromatic N) is 4. The van der Waals surface area contributed by atoms with Crippen LogP contribution in [0.3, 0.4) is 0 Å². The fourth-order valence-electron chi connectivity index (χ4n) is 2.32. The number of rotatable bonds is 4. The Morgan fingerprint density at radius 1 is 1.32 bits per heavy atom. The van der Waals surface area contributed by atoms with Crippen LogP contribution in [0.15, 0.2) is 29.5 Å². The summed E-state index contributed by atoms with van der Waals surface area (Å²) >= 11 is 0. The van der Waals surface area contributed by atoms with Crippen molar-refractivity contribution in [2.75, 3.05) is 13.1 Å². The number of hydrazine groups is 1. The number of fused-ring (bicyclic) bond motifs is 1. The second kappa shape index (κ2) is 5.26. The first kappa shape index (κ1) is 14.3. The highest BCUT2D eigenvalue weighted by Crippen LogP contribution is 2.24. The molecular formula is C13H14N4O5. The van der Waals surface area contributed by atoms with Gasteiger partial charge in [-0.15, -0.1) is 5.01 Å². The van der Waals surface area contributed by atoms with Crippen LogP contribution in [0.1, 0.15) is 27.6 Å². The standard InChI is InChI=1S/C13H14N4O5/c1-8(22-14-17(21)15-6-9(18)7-15)16-12(19)10-4-2-3-5-11(10)13(16)20/h2-5,8-9,18H,6-7H2,1H3/b17-14+. The third kappa shape index (κ3) is 2.25. The molecule has 1 fully saturated rings. The molecule has 2 heterocycles. The predicted octanol–water partition coefficient (Wildman–Crippen LogP) is 0.114. The summed E-state index contributed by atoms with van der Waals surface area (Å²) in [6.45, 7) is 1.78. The summed E-state index contributed by atoms with van der Waals surface area (Å²) in [5.41, 5.74) is 0.598. The van der Waals surface area contributed by atoms with Gasteiger partial charge in [-0.2, -0.15) is 0 Å². The highest BCUT2D eigenvalue weighted by Gasteiger charge is 2.40. The second-order valence-electron chi connectivity index (χ2n) is 5.09. The SMILES string of the molecule is CC(O/N=[N+](/[O-])N1CC(O)C1)N1C(=O)c2ccccc2C1=O. The number of hydrogen-bond acceptors (Lipinski definition) is 6.